The van der Waals surface area contributed by atoms with E-state index in [0.717, 1.165) is 64.3 Å². The van der Waals surface area contributed by atoms with Gasteiger partial charge in [0, 0.05) is 30.8 Å². The van der Waals surface area contributed by atoms with Gasteiger partial charge in [0.05, 0.1) is 0 Å². The lowest BCUT2D eigenvalue weighted by Gasteiger charge is -2.31. The zero-order valence-electron chi connectivity index (χ0n) is 13.1. The molecular weight excluding hydrogens is 250 g/mol. The van der Waals surface area contributed by atoms with E-state index in [1.54, 1.807) is 0 Å². The van der Waals surface area contributed by atoms with E-state index < -0.39 is 0 Å². The first-order valence-corrected chi connectivity index (χ1v) is 8.52. The van der Waals surface area contributed by atoms with E-state index in [1.807, 2.05) is 0 Å². The lowest BCUT2D eigenvalue weighted by molar-refractivity contribution is -0.138. The molecular formula is C17H29NO2. The molecule has 0 spiro atoms. The summed E-state index contributed by atoms with van der Waals surface area (Å²) in [5, 5.41) is 0. The number of Topliss-reactive ketones (excluding diaryl/α,β-unsaturated/α-hetero) is 1. The summed E-state index contributed by atoms with van der Waals surface area (Å²) in [6.45, 7) is 5.16. The molecule has 0 bridgehead atoms. The number of carbonyl (C=O) groups excluding carboxylic acids is 2. The molecule has 2 fully saturated rings. The minimum atomic E-state index is 0.144. The number of carbonyl (C=O) groups is 2. The van der Waals surface area contributed by atoms with Gasteiger partial charge in [-0.15, -0.1) is 0 Å². The van der Waals surface area contributed by atoms with Crippen LogP contribution in [0, 0.1) is 11.8 Å². The van der Waals surface area contributed by atoms with E-state index in [0.29, 0.717) is 11.7 Å². The molecule has 20 heavy (non-hydrogen) atoms. The molecule has 1 heterocycles. The van der Waals surface area contributed by atoms with Crippen molar-refractivity contribution >= 4 is 11.7 Å². The van der Waals surface area contributed by atoms with Crippen molar-refractivity contribution in [1.82, 2.24) is 4.90 Å². The third kappa shape index (κ3) is 3.24. The number of amides is 1. The van der Waals surface area contributed by atoms with E-state index in [1.165, 1.54) is 0 Å². The Hall–Kier alpha value is -0.860. The van der Waals surface area contributed by atoms with Gasteiger partial charge in [-0.1, -0.05) is 26.7 Å². The Kier molecular flexibility index (Phi) is 5.62. The molecule has 1 saturated heterocycles. The molecule has 2 aliphatic rings. The Balaban J connectivity index is 2.01. The van der Waals surface area contributed by atoms with Crippen molar-refractivity contribution in [1.29, 1.82) is 0 Å². The van der Waals surface area contributed by atoms with Crippen molar-refractivity contribution in [2.24, 2.45) is 11.8 Å². The summed E-state index contributed by atoms with van der Waals surface area (Å²) in [7, 11) is 0. The number of unbranched alkanes of at least 4 members (excludes halogenated alkanes) is 1. The molecule has 0 radical (unpaired) electrons. The molecule has 1 aliphatic carbocycles. The zero-order valence-corrected chi connectivity index (χ0v) is 13.1. The number of nitrogens with zero attached hydrogens (tertiary/aromatic N) is 1. The molecule has 0 aromatic carbocycles. The molecule has 3 heteroatoms. The lowest BCUT2D eigenvalue weighted by atomic mass is 9.92. The highest BCUT2D eigenvalue weighted by Gasteiger charge is 2.41. The molecule has 3 nitrogen and oxygen atoms in total. The van der Waals surface area contributed by atoms with Crippen LogP contribution in [0.1, 0.15) is 71.6 Å². The second-order valence-electron chi connectivity index (χ2n) is 6.45. The van der Waals surface area contributed by atoms with E-state index in [2.05, 4.69) is 18.7 Å². The molecule has 0 aromatic heterocycles. The van der Waals surface area contributed by atoms with Crippen LogP contribution in [-0.4, -0.2) is 29.2 Å². The smallest absolute Gasteiger partial charge is 0.225 e. The Morgan fingerprint density at radius 3 is 2.70 bits per heavy atom. The topological polar surface area (TPSA) is 37.4 Å². The van der Waals surface area contributed by atoms with Crippen molar-refractivity contribution in [3.63, 3.8) is 0 Å². The van der Waals surface area contributed by atoms with Gasteiger partial charge in [-0.25, -0.2) is 0 Å². The summed E-state index contributed by atoms with van der Waals surface area (Å²) in [5.74, 6) is 1.04. The highest BCUT2D eigenvalue weighted by atomic mass is 16.2. The van der Waals surface area contributed by atoms with E-state index in [9.17, 15) is 9.59 Å². The SMILES string of the molecule is CCCCC(CC)C(=O)N1CCCC1C1CCCC1=O. The maximum Gasteiger partial charge on any atom is 0.225 e. The molecule has 1 amide bonds. The van der Waals surface area contributed by atoms with Crippen LogP contribution in [-0.2, 0) is 9.59 Å². The van der Waals surface area contributed by atoms with Crippen LogP contribution in [0.4, 0.5) is 0 Å². The number of hydrogen-bond acceptors (Lipinski definition) is 2. The van der Waals surface area contributed by atoms with Crippen LogP contribution < -0.4 is 0 Å². The van der Waals surface area contributed by atoms with Crippen LogP contribution in [0.15, 0.2) is 0 Å². The maximum atomic E-state index is 12.8. The van der Waals surface area contributed by atoms with Crippen molar-refractivity contribution in [2.75, 3.05) is 6.54 Å². The molecule has 1 aliphatic heterocycles. The predicted octanol–water partition coefficient (Wildman–Crippen LogP) is 3.56. The van der Waals surface area contributed by atoms with Gasteiger partial charge >= 0.3 is 0 Å². The fraction of sp³-hybridized carbons (Fsp3) is 0.882. The van der Waals surface area contributed by atoms with Gasteiger partial charge in [0.2, 0.25) is 5.91 Å². The second kappa shape index (κ2) is 7.24. The number of likely N-dealkylation sites (tertiary alicyclic amines) is 1. The number of hydrogen-bond donors (Lipinski definition) is 0. The third-order valence-electron chi connectivity index (χ3n) is 5.15. The first-order chi connectivity index (χ1) is 9.69. The van der Waals surface area contributed by atoms with Crippen molar-refractivity contribution < 1.29 is 9.59 Å². The lowest BCUT2D eigenvalue weighted by Crippen LogP contribution is -2.44. The van der Waals surface area contributed by atoms with Gasteiger partial charge in [-0.2, -0.15) is 0 Å². The molecule has 0 aromatic rings. The minimum Gasteiger partial charge on any atom is -0.339 e. The standard InChI is InChI=1S/C17H29NO2/c1-3-5-8-13(4-2)17(20)18-12-7-10-15(18)14-9-6-11-16(14)19/h13-15H,3-12H2,1-2H3. The Morgan fingerprint density at radius 2 is 2.10 bits per heavy atom. The minimum absolute atomic E-state index is 0.144. The zero-order chi connectivity index (χ0) is 14.5. The maximum absolute atomic E-state index is 12.8. The fourth-order valence-electron chi connectivity index (χ4n) is 3.92. The van der Waals surface area contributed by atoms with Crippen molar-refractivity contribution in [2.45, 2.75) is 77.7 Å². The van der Waals surface area contributed by atoms with E-state index in [-0.39, 0.29) is 17.9 Å². The van der Waals surface area contributed by atoms with Crippen LogP contribution in [0.25, 0.3) is 0 Å². The van der Waals surface area contributed by atoms with Crippen LogP contribution >= 0.6 is 0 Å². The molecule has 114 valence electrons. The largest absolute Gasteiger partial charge is 0.339 e. The Morgan fingerprint density at radius 1 is 1.30 bits per heavy atom. The summed E-state index contributed by atoms with van der Waals surface area (Å²) in [6.07, 6.45) is 9.08. The molecule has 1 saturated carbocycles. The quantitative estimate of drug-likeness (QED) is 0.745. The number of rotatable bonds is 6. The van der Waals surface area contributed by atoms with E-state index in [4.69, 9.17) is 0 Å². The third-order valence-corrected chi connectivity index (χ3v) is 5.15. The van der Waals surface area contributed by atoms with Crippen LogP contribution in [0.2, 0.25) is 0 Å². The highest BCUT2D eigenvalue weighted by molar-refractivity contribution is 5.85. The van der Waals surface area contributed by atoms with Gasteiger partial charge < -0.3 is 4.90 Å². The summed E-state index contributed by atoms with van der Waals surface area (Å²) in [5.41, 5.74) is 0. The number of ketones is 1. The van der Waals surface area contributed by atoms with Gasteiger partial charge in [-0.05, 0) is 38.5 Å². The van der Waals surface area contributed by atoms with Crippen molar-refractivity contribution in [3.05, 3.63) is 0 Å². The van der Waals surface area contributed by atoms with Gasteiger partial charge in [-0.3, -0.25) is 9.59 Å². The average Bonchev–Trinajstić information content (AvgIpc) is 3.07. The monoisotopic (exact) mass is 279 g/mol. The first-order valence-electron chi connectivity index (χ1n) is 8.52. The molecule has 2 rings (SSSR count). The Labute approximate surface area is 123 Å². The summed E-state index contributed by atoms with van der Waals surface area (Å²) >= 11 is 0. The molecule has 0 N–H and O–H groups in total. The highest BCUT2D eigenvalue weighted by Crippen LogP contribution is 2.34. The Bertz CT molecular complexity index is 353. The van der Waals surface area contributed by atoms with E-state index >= 15 is 0 Å². The van der Waals surface area contributed by atoms with Gasteiger partial charge in [0.1, 0.15) is 5.78 Å². The second-order valence-corrected chi connectivity index (χ2v) is 6.45. The summed E-state index contributed by atoms with van der Waals surface area (Å²) < 4.78 is 0. The summed E-state index contributed by atoms with van der Waals surface area (Å²) in [6, 6.07) is 0.216. The predicted molar refractivity (Wildman–Crippen MR) is 80.4 cm³/mol. The van der Waals surface area contributed by atoms with Gasteiger partial charge in [0.15, 0.2) is 0 Å². The fourth-order valence-corrected chi connectivity index (χ4v) is 3.92. The molecule has 3 unspecified atom stereocenters. The van der Waals surface area contributed by atoms with Gasteiger partial charge in [0.25, 0.3) is 0 Å². The van der Waals surface area contributed by atoms with Crippen LogP contribution in [0.3, 0.4) is 0 Å². The van der Waals surface area contributed by atoms with Crippen molar-refractivity contribution in [3.8, 4) is 0 Å². The average molecular weight is 279 g/mol. The normalized spacial score (nSPS) is 28.1. The molecule has 3 atom stereocenters. The van der Waals surface area contributed by atoms with Crippen LogP contribution in [0.5, 0.6) is 0 Å². The summed E-state index contributed by atoms with van der Waals surface area (Å²) in [4.78, 5) is 26.8. The first kappa shape index (κ1) is 15.5.